The smallest absolute Gasteiger partial charge is 0.273 e. The Labute approximate surface area is 189 Å². The molecule has 4 aromatic rings. The fourth-order valence-corrected chi connectivity index (χ4v) is 3.16. The van der Waals surface area contributed by atoms with Gasteiger partial charge in [-0.05, 0) is 48.4 Å². The van der Waals surface area contributed by atoms with Crippen molar-refractivity contribution in [3.63, 3.8) is 0 Å². The molecular formula is C25H21N3O5. The molecular weight excluding hydrogens is 422 g/mol. The number of aromatic nitrogens is 1. The first kappa shape index (κ1) is 21.8. The molecule has 33 heavy (non-hydrogen) atoms. The number of hydrogen-bond donors (Lipinski definition) is 1. The Morgan fingerprint density at radius 2 is 1.94 bits per heavy atom. The van der Waals surface area contributed by atoms with Gasteiger partial charge in [-0.15, -0.1) is 0 Å². The first-order valence-electron chi connectivity index (χ1n) is 10.4. The van der Waals surface area contributed by atoms with Gasteiger partial charge in [0, 0.05) is 12.1 Å². The molecule has 0 saturated heterocycles. The van der Waals surface area contributed by atoms with E-state index in [9.17, 15) is 14.9 Å². The summed E-state index contributed by atoms with van der Waals surface area (Å²) in [6.45, 7) is 2.71. The number of nitro groups is 1. The molecule has 0 unspecified atom stereocenters. The van der Waals surface area contributed by atoms with Crippen LogP contribution in [-0.4, -0.2) is 22.4 Å². The Morgan fingerprint density at radius 3 is 2.70 bits per heavy atom. The molecule has 0 aliphatic heterocycles. The van der Waals surface area contributed by atoms with E-state index >= 15 is 0 Å². The molecule has 0 radical (unpaired) electrons. The number of fused-ring (bicyclic) bond motifs is 1. The number of carbonyl (C=O) groups excluding carboxylic acids is 1. The summed E-state index contributed by atoms with van der Waals surface area (Å²) in [5.74, 6) is 0.726. The molecule has 8 nitrogen and oxygen atoms in total. The third-order valence-corrected chi connectivity index (χ3v) is 4.78. The first-order valence-corrected chi connectivity index (χ1v) is 10.4. The summed E-state index contributed by atoms with van der Waals surface area (Å²) in [7, 11) is 0. The lowest BCUT2D eigenvalue weighted by Crippen LogP contribution is -2.08. The van der Waals surface area contributed by atoms with Gasteiger partial charge in [-0.1, -0.05) is 31.2 Å². The van der Waals surface area contributed by atoms with Crippen LogP contribution >= 0.6 is 0 Å². The number of carbonyl (C=O) groups is 1. The molecule has 1 amide bonds. The van der Waals surface area contributed by atoms with E-state index in [1.54, 1.807) is 30.3 Å². The molecule has 0 bridgehead atoms. The Balaban J connectivity index is 1.50. The van der Waals surface area contributed by atoms with Gasteiger partial charge in [0.1, 0.15) is 11.3 Å². The monoisotopic (exact) mass is 443 g/mol. The number of ether oxygens (including phenoxy) is 1. The zero-order chi connectivity index (χ0) is 23.2. The van der Waals surface area contributed by atoms with E-state index in [1.165, 1.54) is 24.3 Å². The van der Waals surface area contributed by atoms with E-state index in [4.69, 9.17) is 9.15 Å². The Morgan fingerprint density at radius 1 is 1.15 bits per heavy atom. The van der Waals surface area contributed by atoms with E-state index in [0.29, 0.717) is 29.0 Å². The van der Waals surface area contributed by atoms with Crippen molar-refractivity contribution in [2.75, 3.05) is 11.9 Å². The molecule has 0 atom stereocenters. The lowest BCUT2D eigenvalue weighted by Gasteiger charge is -2.07. The second-order valence-corrected chi connectivity index (χ2v) is 7.21. The number of nitrogens with zero attached hydrogens (tertiary/aromatic N) is 2. The summed E-state index contributed by atoms with van der Waals surface area (Å²) in [4.78, 5) is 27.4. The number of para-hydroxylation sites is 1. The highest BCUT2D eigenvalue weighted by Gasteiger charge is 2.15. The zero-order valence-electron chi connectivity index (χ0n) is 17.9. The highest BCUT2D eigenvalue weighted by molar-refractivity contribution is 6.04. The van der Waals surface area contributed by atoms with Crippen LogP contribution in [0.3, 0.4) is 0 Å². The molecule has 4 rings (SSSR count). The Bertz CT molecular complexity index is 1330. The number of oxazole rings is 1. The Hall–Kier alpha value is -4.46. The average molecular weight is 443 g/mol. The summed E-state index contributed by atoms with van der Waals surface area (Å²) >= 11 is 0. The minimum atomic E-state index is -0.492. The normalized spacial score (nSPS) is 11.1. The van der Waals surface area contributed by atoms with Crippen molar-refractivity contribution >= 4 is 34.5 Å². The fourth-order valence-electron chi connectivity index (χ4n) is 3.16. The summed E-state index contributed by atoms with van der Waals surface area (Å²) < 4.78 is 11.3. The molecule has 1 heterocycles. The highest BCUT2D eigenvalue weighted by atomic mass is 16.6. The largest absolute Gasteiger partial charge is 0.494 e. The average Bonchev–Trinajstić information content (AvgIpc) is 3.25. The Kier molecular flexibility index (Phi) is 6.45. The highest BCUT2D eigenvalue weighted by Crippen LogP contribution is 2.31. The van der Waals surface area contributed by atoms with Gasteiger partial charge in [0.2, 0.25) is 11.8 Å². The van der Waals surface area contributed by atoms with E-state index < -0.39 is 4.92 Å². The quantitative estimate of drug-likeness (QED) is 0.208. The summed E-state index contributed by atoms with van der Waals surface area (Å²) in [6, 6.07) is 18.8. The number of benzene rings is 3. The van der Waals surface area contributed by atoms with Crippen LogP contribution in [0.1, 0.15) is 18.9 Å². The van der Waals surface area contributed by atoms with E-state index in [1.807, 2.05) is 31.2 Å². The van der Waals surface area contributed by atoms with Crippen molar-refractivity contribution < 1.29 is 18.9 Å². The van der Waals surface area contributed by atoms with Gasteiger partial charge in [0.25, 0.3) is 5.69 Å². The van der Waals surface area contributed by atoms with Gasteiger partial charge in [-0.25, -0.2) is 4.98 Å². The van der Waals surface area contributed by atoms with Crippen LogP contribution in [0, 0.1) is 10.1 Å². The van der Waals surface area contributed by atoms with Gasteiger partial charge in [-0.2, -0.15) is 0 Å². The zero-order valence-corrected chi connectivity index (χ0v) is 17.9. The van der Waals surface area contributed by atoms with Gasteiger partial charge < -0.3 is 14.5 Å². The lowest BCUT2D eigenvalue weighted by molar-refractivity contribution is -0.384. The van der Waals surface area contributed by atoms with Crippen LogP contribution in [0.15, 0.2) is 77.2 Å². The van der Waals surface area contributed by atoms with Crippen molar-refractivity contribution in [1.82, 2.24) is 4.98 Å². The second kappa shape index (κ2) is 9.78. The van der Waals surface area contributed by atoms with Crippen LogP contribution in [0.5, 0.6) is 5.75 Å². The number of anilines is 1. The molecule has 0 aliphatic carbocycles. The molecule has 0 saturated carbocycles. The minimum absolute atomic E-state index is 0.0816. The van der Waals surface area contributed by atoms with E-state index in [-0.39, 0.29) is 17.5 Å². The van der Waals surface area contributed by atoms with Crippen LogP contribution < -0.4 is 10.1 Å². The second-order valence-electron chi connectivity index (χ2n) is 7.21. The molecule has 1 aromatic heterocycles. The molecule has 8 heteroatoms. The number of rotatable bonds is 8. The van der Waals surface area contributed by atoms with E-state index in [2.05, 4.69) is 10.3 Å². The molecule has 0 aliphatic rings. The van der Waals surface area contributed by atoms with Crippen LogP contribution in [0.2, 0.25) is 0 Å². The summed E-state index contributed by atoms with van der Waals surface area (Å²) in [5, 5.41) is 13.8. The predicted octanol–water partition coefficient (Wildman–Crippen LogP) is 5.84. The van der Waals surface area contributed by atoms with Crippen molar-refractivity contribution in [2.45, 2.75) is 13.3 Å². The molecule has 0 spiro atoms. The van der Waals surface area contributed by atoms with Crippen molar-refractivity contribution in [1.29, 1.82) is 0 Å². The summed E-state index contributed by atoms with van der Waals surface area (Å²) in [5.41, 5.74) is 2.64. The number of amides is 1. The van der Waals surface area contributed by atoms with Gasteiger partial charge in [0.15, 0.2) is 5.58 Å². The van der Waals surface area contributed by atoms with Crippen LogP contribution in [0.4, 0.5) is 11.4 Å². The van der Waals surface area contributed by atoms with Crippen LogP contribution in [-0.2, 0) is 4.79 Å². The standard InChI is InChI=1S/C25H21N3O5/c1-2-15-32-19-11-7-17(8-12-19)9-14-24(29)26-21-6-4-3-5-20(21)25-27-22-13-10-18(28(30)31)16-23(22)33-25/h3-14,16H,2,15H2,1H3,(H,26,29). The van der Waals surface area contributed by atoms with E-state index in [0.717, 1.165) is 17.7 Å². The SMILES string of the molecule is CCCOc1ccc(C=CC(=O)Nc2ccccc2-c2nc3ccc([N+](=O)[O-])cc3o2)cc1. The maximum absolute atomic E-state index is 12.5. The van der Waals surface area contributed by atoms with Crippen molar-refractivity contribution in [2.24, 2.45) is 0 Å². The number of nitrogens with one attached hydrogen (secondary N) is 1. The minimum Gasteiger partial charge on any atom is -0.494 e. The molecule has 3 aromatic carbocycles. The van der Waals surface area contributed by atoms with Crippen molar-refractivity contribution in [3.05, 3.63) is 88.5 Å². The number of hydrogen-bond acceptors (Lipinski definition) is 6. The fraction of sp³-hybridized carbons (Fsp3) is 0.120. The molecule has 0 fully saturated rings. The first-order chi connectivity index (χ1) is 16.0. The third-order valence-electron chi connectivity index (χ3n) is 4.78. The third kappa shape index (κ3) is 5.24. The predicted molar refractivity (Wildman–Crippen MR) is 126 cm³/mol. The lowest BCUT2D eigenvalue weighted by atomic mass is 10.1. The van der Waals surface area contributed by atoms with Gasteiger partial charge in [0.05, 0.1) is 28.8 Å². The number of non-ortho nitro benzene ring substituents is 1. The van der Waals surface area contributed by atoms with Crippen LogP contribution in [0.25, 0.3) is 28.6 Å². The maximum atomic E-state index is 12.5. The van der Waals surface area contributed by atoms with Gasteiger partial charge >= 0.3 is 0 Å². The molecule has 166 valence electrons. The van der Waals surface area contributed by atoms with Crippen molar-refractivity contribution in [3.8, 4) is 17.2 Å². The summed E-state index contributed by atoms with van der Waals surface area (Å²) in [6.07, 6.45) is 4.08. The molecule has 1 N–H and O–H groups in total. The van der Waals surface area contributed by atoms with Gasteiger partial charge in [-0.3, -0.25) is 14.9 Å². The number of nitro benzene ring substituents is 1. The topological polar surface area (TPSA) is 108 Å². The maximum Gasteiger partial charge on any atom is 0.273 e.